The lowest BCUT2D eigenvalue weighted by Gasteiger charge is -2.35. The van der Waals surface area contributed by atoms with E-state index >= 15 is 0 Å². The van der Waals surface area contributed by atoms with Crippen LogP contribution in [0.15, 0.2) is 0 Å². The summed E-state index contributed by atoms with van der Waals surface area (Å²) in [6, 6.07) is 0. The van der Waals surface area contributed by atoms with E-state index in [0.29, 0.717) is 11.9 Å². The molecule has 0 aromatic rings. The van der Waals surface area contributed by atoms with Crippen LogP contribution in [0.1, 0.15) is 48.5 Å². The van der Waals surface area contributed by atoms with E-state index in [4.69, 9.17) is 9.47 Å². The minimum absolute atomic E-state index is 0.266. The molecule has 1 amide bonds. The second-order valence-corrected chi connectivity index (χ2v) is 7.21. The predicted octanol–water partition coefficient (Wildman–Crippen LogP) is 3.48. The molecular weight excluding hydrogens is 298 g/mol. The van der Waals surface area contributed by atoms with E-state index in [1.54, 1.807) is 0 Å². The van der Waals surface area contributed by atoms with Crippen molar-refractivity contribution >= 4 is 22.0 Å². The lowest BCUT2D eigenvalue weighted by molar-refractivity contribution is -0.107. The van der Waals surface area contributed by atoms with Crippen molar-refractivity contribution < 1.29 is 14.3 Å². The normalized spacial score (nSPS) is 16.0. The number of alkyl carbamates (subject to hydrolysis) is 1. The zero-order valence-corrected chi connectivity index (χ0v) is 14.1. The number of amides is 1. The van der Waals surface area contributed by atoms with Crippen LogP contribution in [-0.2, 0) is 9.47 Å². The Morgan fingerprint density at radius 3 is 1.89 bits per heavy atom. The van der Waals surface area contributed by atoms with Gasteiger partial charge in [-0.3, -0.25) is 0 Å². The molecule has 0 spiro atoms. The topological polar surface area (TPSA) is 47.6 Å². The van der Waals surface area contributed by atoms with Gasteiger partial charge in [-0.15, -0.1) is 0 Å². The highest BCUT2D eigenvalue weighted by molar-refractivity contribution is 9.09. The molecule has 1 unspecified atom stereocenters. The summed E-state index contributed by atoms with van der Waals surface area (Å²) in [5, 5.41) is 3.37. The molecule has 0 aromatic heterocycles. The van der Waals surface area contributed by atoms with Crippen LogP contribution in [0.25, 0.3) is 0 Å². The third kappa shape index (κ3) is 8.75. The van der Waals surface area contributed by atoms with Crippen molar-refractivity contribution in [1.82, 2.24) is 5.32 Å². The van der Waals surface area contributed by atoms with E-state index in [1.165, 1.54) is 0 Å². The minimum atomic E-state index is -0.486. The molecule has 0 saturated carbocycles. The summed E-state index contributed by atoms with van der Waals surface area (Å²) < 4.78 is 11.1. The zero-order chi connectivity index (χ0) is 14.6. The molecule has 1 N–H and O–H groups in total. The number of hydrogen-bond donors (Lipinski definition) is 1. The van der Waals surface area contributed by atoms with Gasteiger partial charge in [-0.2, -0.15) is 0 Å². The monoisotopic (exact) mass is 323 g/mol. The van der Waals surface area contributed by atoms with Crippen LogP contribution in [0.2, 0.25) is 0 Å². The fraction of sp³-hybridized carbons (Fsp3) is 0.923. The summed E-state index contributed by atoms with van der Waals surface area (Å²) in [5.74, 6) is 0. The number of carbonyl (C=O) groups excluding carboxylic acids is 1. The number of nitrogens with one attached hydrogen (secondary N) is 1. The highest BCUT2D eigenvalue weighted by Gasteiger charge is 2.30. The van der Waals surface area contributed by atoms with Crippen LogP contribution < -0.4 is 5.32 Å². The van der Waals surface area contributed by atoms with E-state index in [-0.39, 0.29) is 5.60 Å². The van der Waals surface area contributed by atoms with Crippen LogP contribution >= 0.6 is 15.9 Å². The standard InChI is InChI=1S/C13H26BrNO3/c1-11(2,3)17-10(16)15-9-13(7,8-14)18-12(4,5)6/h8-9H2,1-7H3,(H,15,16). The van der Waals surface area contributed by atoms with Crippen molar-refractivity contribution in [3.8, 4) is 0 Å². The Morgan fingerprint density at radius 2 is 1.56 bits per heavy atom. The Bertz CT molecular complexity index is 281. The quantitative estimate of drug-likeness (QED) is 0.806. The first kappa shape index (κ1) is 17.7. The first-order valence-corrected chi connectivity index (χ1v) is 7.22. The van der Waals surface area contributed by atoms with Crippen molar-refractivity contribution in [2.45, 2.75) is 65.3 Å². The van der Waals surface area contributed by atoms with Gasteiger partial charge in [0, 0.05) is 5.33 Å². The first-order chi connectivity index (χ1) is 7.87. The minimum Gasteiger partial charge on any atom is -0.444 e. The van der Waals surface area contributed by atoms with Crippen LogP contribution in [0, 0.1) is 0 Å². The van der Waals surface area contributed by atoms with Crippen molar-refractivity contribution in [1.29, 1.82) is 0 Å². The third-order valence-electron chi connectivity index (χ3n) is 1.84. The summed E-state index contributed by atoms with van der Waals surface area (Å²) in [4.78, 5) is 11.6. The number of halogens is 1. The van der Waals surface area contributed by atoms with Gasteiger partial charge < -0.3 is 14.8 Å². The number of alkyl halides is 1. The maximum Gasteiger partial charge on any atom is 0.407 e. The van der Waals surface area contributed by atoms with Gasteiger partial charge in [0.25, 0.3) is 0 Å². The summed E-state index contributed by atoms with van der Waals surface area (Å²) in [6.45, 7) is 13.8. The molecule has 4 nitrogen and oxygen atoms in total. The summed E-state index contributed by atoms with van der Waals surface area (Å²) >= 11 is 3.42. The Hall–Kier alpha value is -0.290. The van der Waals surface area contributed by atoms with Gasteiger partial charge in [0.2, 0.25) is 0 Å². The molecule has 0 aromatic carbocycles. The van der Waals surface area contributed by atoms with E-state index in [9.17, 15) is 4.79 Å². The molecule has 0 heterocycles. The van der Waals surface area contributed by atoms with Crippen LogP contribution in [-0.4, -0.2) is 34.8 Å². The maximum absolute atomic E-state index is 11.6. The van der Waals surface area contributed by atoms with Gasteiger partial charge in [-0.05, 0) is 48.5 Å². The molecule has 18 heavy (non-hydrogen) atoms. The molecule has 0 aliphatic carbocycles. The second-order valence-electron chi connectivity index (χ2n) is 6.65. The van der Waals surface area contributed by atoms with Gasteiger partial charge in [0.1, 0.15) is 5.60 Å². The van der Waals surface area contributed by atoms with E-state index in [1.807, 2.05) is 48.5 Å². The SMILES string of the molecule is CC(C)(C)OC(=O)NCC(C)(CBr)OC(C)(C)C. The van der Waals surface area contributed by atoms with Crippen molar-refractivity contribution in [3.05, 3.63) is 0 Å². The number of rotatable bonds is 4. The van der Waals surface area contributed by atoms with E-state index < -0.39 is 17.3 Å². The number of ether oxygens (including phenoxy) is 2. The van der Waals surface area contributed by atoms with Crippen LogP contribution in [0.3, 0.4) is 0 Å². The summed E-state index contributed by atoms with van der Waals surface area (Å²) in [7, 11) is 0. The molecule has 0 bridgehead atoms. The average Bonchev–Trinajstić information content (AvgIpc) is 2.09. The van der Waals surface area contributed by atoms with Gasteiger partial charge in [0.15, 0.2) is 0 Å². The lowest BCUT2D eigenvalue weighted by atomic mass is 10.1. The molecule has 0 radical (unpaired) electrons. The Kier molecular flexibility index (Phi) is 6.14. The summed E-state index contributed by atoms with van der Waals surface area (Å²) in [5.41, 5.74) is -1.22. The highest BCUT2D eigenvalue weighted by Crippen LogP contribution is 2.21. The predicted molar refractivity (Wildman–Crippen MR) is 77.3 cm³/mol. The molecule has 0 fully saturated rings. The fourth-order valence-electron chi connectivity index (χ4n) is 1.42. The fourth-order valence-corrected chi connectivity index (χ4v) is 1.74. The largest absolute Gasteiger partial charge is 0.444 e. The number of hydrogen-bond acceptors (Lipinski definition) is 3. The highest BCUT2D eigenvalue weighted by atomic mass is 79.9. The molecular formula is C13H26BrNO3. The Labute approximate surface area is 119 Å². The second kappa shape index (κ2) is 6.24. The molecule has 5 heteroatoms. The van der Waals surface area contributed by atoms with Gasteiger partial charge in [-0.1, -0.05) is 15.9 Å². The molecule has 0 rings (SSSR count). The molecule has 0 saturated heterocycles. The van der Waals surface area contributed by atoms with Crippen molar-refractivity contribution in [2.75, 3.05) is 11.9 Å². The number of carbonyl (C=O) groups is 1. The first-order valence-electron chi connectivity index (χ1n) is 6.10. The van der Waals surface area contributed by atoms with Gasteiger partial charge >= 0.3 is 6.09 Å². The smallest absolute Gasteiger partial charge is 0.407 e. The van der Waals surface area contributed by atoms with Crippen LogP contribution in [0.5, 0.6) is 0 Å². The van der Waals surface area contributed by atoms with Crippen molar-refractivity contribution in [3.63, 3.8) is 0 Å². The summed E-state index contributed by atoms with van der Waals surface area (Å²) in [6.07, 6.45) is -0.424. The molecule has 0 aliphatic rings. The Morgan fingerprint density at radius 1 is 1.06 bits per heavy atom. The van der Waals surface area contributed by atoms with Gasteiger partial charge in [0.05, 0.1) is 17.7 Å². The molecule has 108 valence electrons. The zero-order valence-electron chi connectivity index (χ0n) is 12.5. The van der Waals surface area contributed by atoms with E-state index in [2.05, 4.69) is 21.2 Å². The van der Waals surface area contributed by atoms with Crippen LogP contribution in [0.4, 0.5) is 4.79 Å². The average molecular weight is 324 g/mol. The molecule has 1 atom stereocenters. The van der Waals surface area contributed by atoms with Gasteiger partial charge in [-0.25, -0.2) is 4.79 Å². The third-order valence-corrected chi connectivity index (χ3v) is 3.03. The van der Waals surface area contributed by atoms with Crippen molar-refractivity contribution in [2.24, 2.45) is 0 Å². The van der Waals surface area contributed by atoms with E-state index in [0.717, 1.165) is 0 Å². The molecule has 0 aliphatic heterocycles. The maximum atomic E-state index is 11.6. The Balaban J connectivity index is 4.35. The lowest BCUT2D eigenvalue weighted by Crippen LogP contribution is -2.48.